The van der Waals surface area contributed by atoms with E-state index in [1.807, 2.05) is 39.0 Å². The molecule has 0 fully saturated rings. The third-order valence-corrected chi connectivity index (χ3v) is 5.72. The van der Waals surface area contributed by atoms with Crippen molar-refractivity contribution in [1.82, 2.24) is 0 Å². The number of hydrogen-bond donors (Lipinski definition) is 1. The predicted molar refractivity (Wildman–Crippen MR) is 128 cm³/mol. The molecule has 0 bridgehead atoms. The lowest BCUT2D eigenvalue weighted by atomic mass is 10.0. The highest BCUT2D eigenvalue weighted by molar-refractivity contribution is 6.46. The van der Waals surface area contributed by atoms with Gasteiger partial charge in [-0.15, -0.1) is 0 Å². The second kappa shape index (κ2) is 8.89. The summed E-state index contributed by atoms with van der Waals surface area (Å²) in [5.41, 5.74) is 4.47. The molecule has 3 aromatic rings. The van der Waals surface area contributed by atoms with E-state index in [0.717, 1.165) is 16.8 Å². The molecular formula is C26H23ClN2O3. The maximum atomic E-state index is 13.6. The number of ether oxygens (including phenoxy) is 1. The minimum absolute atomic E-state index is 0.229. The van der Waals surface area contributed by atoms with Gasteiger partial charge in [0.05, 0.1) is 17.9 Å². The average Bonchev–Trinajstić information content (AvgIpc) is 3.02. The Hall–Kier alpha value is -3.57. The number of nitrogens with one attached hydrogen (secondary N) is 1. The van der Waals surface area contributed by atoms with Gasteiger partial charge in [0.1, 0.15) is 11.4 Å². The molecule has 4 rings (SSSR count). The van der Waals surface area contributed by atoms with Crippen LogP contribution in [0, 0.1) is 13.8 Å². The Morgan fingerprint density at radius 2 is 1.66 bits per heavy atom. The number of halogens is 1. The highest BCUT2D eigenvalue weighted by Crippen LogP contribution is 2.36. The molecule has 162 valence electrons. The minimum Gasteiger partial charge on any atom is -0.494 e. The van der Waals surface area contributed by atoms with Gasteiger partial charge in [0, 0.05) is 16.8 Å². The monoisotopic (exact) mass is 446 g/mol. The van der Waals surface area contributed by atoms with Gasteiger partial charge >= 0.3 is 0 Å². The zero-order valence-corrected chi connectivity index (χ0v) is 18.9. The summed E-state index contributed by atoms with van der Waals surface area (Å²) in [7, 11) is 0. The molecule has 1 aliphatic rings. The SMILES string of the molecule is CCOc1cccc(N2C(=O)C(Nc3cccc(C)c3C)=C(c3ccc(Cl)cc3)C2=O)c1. The van der Waals surface area contributed by atoms with Crippen LogP contribution in [0.15, 0.2) is 72.4 Å². The normalized spacial score (nSPS) is 13.7. The first-order valence-corrected chi connectivity index (χ1v) is 10.7. The summed E-state index contributed by atoms with van der Waals surface area (Å²) >= 11 is 6.05. The Bertz CT molecular complexity index is 1230. The summed E-state index contributed by atoms with van der Waals surface area (Å²) in [6.45, 7) is 6.34. The van der Waals surface area contributed by atoms with Crippen molar-refractivity contribution in [3.8, 4) is 5.75 Å². The van der Waals surface area contributed by atoms with E-state index < -0.39 is 11.8 Å². The van der Waals surface area contributed by atoms with Gasteiger partial charge in [-0.3, -0.25) is 9.59 Å². The highest BCUT2D eigenvalue weighted by atomic mass is 35.5. The summed E-state index contributed by atoms with van der Waals surface area (Å²) < 4.78 is 5.56. The van der Waals surface area contributed by atoms with Crippen molar-refractivity contribution in [2.45, 2.75) is 20.8 Å². The zero-order chi connectivity index (χ0) is 22.8. The van der Waals surface area contributed by atoms with E-state index in [2.05, 4.69) is 5.32 Å². The number of carbonyl (C=O) groups is 2. The fourth-order valence-corrected chi connectivity index (χ4v) is 3.79. The third kappa shape index (κ3) is 3.99. The Kier molecular flexibility index (Phi) is 6.01. The lowest BCUT2D eigenvalue weighted by Crippen LogP contribution is -2.32. The lowest BCUT2D eigenvalue weighted by Gasteiger charge is -2.17. The molecule has 0 spiro atoms. The van der Waals surface area contributed by atoms with Crippen LogP contribution in [-0.2, 0) is 9.59 Å². The number of carbonyl (C=O) groups excluding carboxylic acids is 2. The van der Waals surface area contributed by atoms with Crippen LogP contribution in [0.1, 0.15) is 23.6 Å². The molecule has 0 radical (unpaired) electrons. The largest absolute Gasteiger partial charge is 0.494 e. The van der Waals surface area contributed by atoms with Crippen molar-refractivity contribution in [3.05, 3.63) is 94.1 Å². The predicted octanol–water partition coefficient (Wildman–Crippen LogP) is 5.75. The zero-order valence-electron chi connectivity index (χ0n) is 18.1. The van der Waals surface area contributed by atoms with Crippen LogP contribution in [0.25, 0.3) is 5.57 Å². The Morgan fingerprint density at radius 1 is 0.938 bits per heavy atom. The average molecular weight is 447 g/mol. The molecule has 0 saturated heterocycles. The fraction of sp³-hybridized carbons (Fsp3) is 0.154. The number of benzene rings is 3. The van der Waals surface area contributed by atoms with Gasteiger partial charge in [0.2, 0.25) is 0 Å². The van der Waals surface area contributed by atoms with Crippen LogP contribution in [-0.4, -0.2) is 18.4 Å². The summed E-state index contributed by atoms with van der Waals surface area (Å²) in [6, 6.07) is 19.7. The highest BCUT2D eigenvalue weighted by Gasteiger charge is 2.40. The Labute approximate surface area is 192 Å². The molecular weight excluding hydrogens is 424 g/mol. The Balaban J connectivity index is 1.82. The number of hydrogen-bond acceptors (Lipinski definition) is 4. The van der Waals surface area contributed by atoms with Crippen LogP contribution in [0.2, 0.25) is 5.02 Å². The fourth-order valence-electron chi connectivity index (χ4n) is 3.66. The van der Waals surface area contributed by atoms with Crippen LogP contribution >= 0.6 is 11.6 Å². The summed E-state index contributed by atoms with van der Waals surface area (Å²) in [5, 5.41) is 3.79. The molecule has 1 aliphatic heterocycles. The topological polar surface area (TPSA) is 58.6 Å². The quantitative estimate of drug-likeness (QED) is 0.489. The van der Waals surface area contributed by atoms with E-state index >= 15 is 0 Å². The first-order chi connectivity index (χ1) is 15.4. The van der Waals surface area contributed by atoms with E-state index in [9.17, 15) is 9.59 Å². The van der Waals surface area contributed by atoms with Crippen molar-refractivity contribution in [1.29, 1.82) is 0 Å². The Morgan fingerprint density at radius 3 is 2.38 bits per heavy atom. The van der Waals surface area contributed by atoms with E-state index in [1.165, 1.54) is 4.90 Å². The van der Waals surface area contributed by atoms with Crippen LogP contribution < -0.4 is 15.0 Å². The lowest BCUT2D eigenvalue weighted by molar-refractivity contribution is -0.120. The number of imide groups is 1. The smallest absolute Gasteiger partial charge is 0.282 e. The van der Waals surface area contributed by atoms with E-state index in [1.54, 1.807) is 48.5 Å². The van der Waals surface area contributed by atoms with Crippen LogP contribution in [0.4, 0.5) is 11.4 Å². The van der Waals surface area contributed by atoms with Crippen molar-refractivity contribution >= 4 is 40.4 Å². The number of rotatable bonds is 6. The second-order valence-electron chi connectivity index (χ2n) is 7.51. The molecule has 6 heteroatoms. The molecule has 32 heavy (non-hydrogen) atoms. The summed E-state index contributed by atoms with van der Waals surface area (Å²) in [5.74, 6) is -0.233. The molecule has 1 heterocycles. The van der Waals surface area contributed by atoms with E-state index in [-0.39, 0.29) is 5.70 Å². The maximum Gasteiger partial charge on any atom is 0.282 e. The summed E-state index contributed by atoms with van der Waals surface area (Å²) in [6.07, 6.45) is 0. The van der Waals surface area contributed by atoms with E-state index in [0.29, 0.717) is 34.2 Å². The first kappa shape index (κ1) is 21.7. The number of nitrogens with zero attached hydrogens (tertiary/aromatic N) is 1. The van der Waals surface area contributed by atoms with E-state index in [4.69, 9.17) is 16.3 Å². The molecule has 0 unspecified atom stereocenters. The first-order valence-electron chi connectivity index (χ1n) is 10.4. The number of anilines is 2. The molecule has 0 aliphatic carbocycles. The minimum atomic E-state index is -0.422. The van der Waals surface area contributed by atoms with Gasteiger partial charge in [0.15, 0.2) is 0 Å². The van der Waals surface area contributed by atoms with Gasteiger partial charge in [-0.2, -0.15) is 0 Å². The summed E-state index contributed by atoms with van der Waals surface area (Å²) in [4.78, 5) is 28.3. The number of amides is 2. The van der Waals surface area contributed by atoms with Crippen molar-refractivity contribution in [3.63, 3.8) is 0 Å². The molecule has 1 N–H and O–H groups in total. The van der Waals surface area contributed by atoms with Crippen molar-refractivity contribution < 1.29 is 14.3 Å². The molecule has 5 nitrogen and oxygen atoms in total. The second-order valence-corrected chi connectivity index (χ2v) is 7.94. The van der Waals surface area contributed by atoms with Crippen LogP contribution in [0.5, 0.6) is 5.75 Å². The third-order valence-electron chi connectivity index (χ3n) is 5.47. The van der Waals surface area contributed by atoms with Crippen molar-refractivity contribution in [2.75, 3.05) is 16.8 Å². The van der Waals surface area contributed by atoms with Gasteiger partial charge in [-0.1, -0.05) is 41.9 Å². The van der Waals surface area contributed by atoms with Crippen molar-refractivity contribution in [2.24, 2.45) is 0 Å². The van der Waals surface area contributed by atoms with Gasteiger partial charge in [-0.05, 0) is 67.8 Å². The van der Waals surface area contributed by atoms with Gasteiger partial charge < -0.3 is 10.1 Å². The van der Waals surface area contributed by atoms with Gasteiger partial charge in [0.25, 0.3) is 11.8 Å². The molecule has 0 saturated carbocycles. The molecule has 0 aromatic heterocycles. The standard InChI is InChI=1S/C26H23ClN2O3/c1-4-32-21-9-6-8-20(15-21)29-25(30)23(18-11-13-19(27)14-12-18)24(26(29)31)28-22-10-5-7-16(2)17(22)3/h5-15,28H,4H2,1-3H3. The number of aryl methyl sites for hydroxylation is 1. The molecule has 2 amide bonds. The molecule has 0 atom stereocenters. The maximum absolute atomic E-state index is 13.6. The molecule has 3 aromatic carbocycles. The van der Waals surface area contributed by atoms with Gasteiger partial charge in [-0.25, -0.2) is 4.90 Å². The van der Waals surface area contributed by atoms with Crippen LogP contribution in [0.3, 0.4) is 0 Å².